The van der Waals surface area contributed by atoms with E-state index < -0.39 is 8.32 Å². The van der Waals surface area contributed by atoms with Gasteiger partial charge in [-0.3, -0.25) is 0 Å². The van der Waals surface area contributed by atoms with Crippen LogP contribution in [-0.4, -0.2) is 21.4 Å². The SMILES string of the molecule is COC(=O)c1cccc(O[Si](C)(C)C(C)(C)C)c1CBr. The van der Waals surface area contributed by atoms with Crippen LogP contribution in [0.1, 0.15) is 36.7 Å². The monoisotopic (exact) mass is 358 g/mol. The van der Waals surface area contributed by atoms with Crippen molar-refractivity contribution in [3.8, 4) is 5.75 Å². The molecule has 0 fully saturated rings. The van der Waals surface area contributed by atoms with Crippen molar-refractivity contribution in [1.82, 2.24) is 0 Å². The van der Waals surface area contributed by atoms with Crippen molar-refractivity contribution in [3.05, 3.63) is 29.3 Å². The van der Waals surface area contributed by atoms with Gasteiger partial charge in [-0.1, -0.05) is 42.8 Å². The lowest BCUT2D eigenvalue weighted by Gasteiger charge is -2.37. The summed E-state index contributed by atoms with van der Waals surface area (Å²) in [6.45, 7) is 11.0. The van der Waals surface area contributed by atoms with Crippen LogP contribution in [0.4, 0.5) is 0 Å². The number of esters is 1. The van der Waals surface area contributed by atoms with E-state index in [0.29, 0.717) is 10.9 Å². The number of alkyl halides is 1. The quantitative estimate of drug-likeness (QED) is 0.442. The van der Waals surface area contributed by atoms with Gasteiger partial charge in [0.15, 0.2) is 0 Å². The Morgan fingerprint density at radius 1 is 1.30 bits per heavy atom. The molecule has 0 aliphatic heterocycles. The molecule has 0 unspecified atom stereocenters. The lowest BCUT2D eigenvalue weighted by molar-refractivity contribution is 0.0599. The van der Waals surface area contributed by atoms with Crippen LogP contribution in [0.5, 0.6) is 5.75 Å². The molecule has 0 atom stereocenters. The molecule has 0 aromatic heterocycles. The predicted molar refractivity (Wildman–Crippen MR) is 88.2 cm³/mol. The van der Waals surface area contributed by atoms with Gasteiger partial charge >= 0.3 is 5.97 Å². The molecule has 20 heavy (non-hydrogen) atoms. The fraction of sp³-hybridized carbons (Fsp3) is 0.533. The smallest absolute Gasteiger partial charge is 0.338 e. The number of carbonyl (C=O) groups excluding carboxylic acids is 1. The molecule has 0 radical (unpaired) electrons. The second kappa shape index (κ2) is 6.31. The number of methoxy groups -OCH3 is 1. The highest BCUT2D eigenvalue weighted by atomic mass is 79.9. The minimum atomic E-state index is -1.93. The zero-order chi connectivity index (χ0) is 15.6. The Kier molecular flexibility index (Phi) is 5.44. The predicted octanol–water partition coefficient (Wildman–Crippen LogP) is 4.75. The maximum atomic E-state index is 11.8. The van der Waals surface area contributed by atoms with Crippen LogP contribution >= 0.6 is 15.9 Å². The third-order valence-electron chi connectivity index (χ3n) is 3.84. The highest BCUT2D eigenvalue weighted by molar-refractivity contribution is 9.08. The Labute approximate surface area is 130 Å². The number of rotatable bonds is 4. The van der Waals surface area contributed by atoms with Crippen molar-refractivity contribution in [1.29, 1.82) is 0 Å². The first kappa shape index (κ1) is 17.2. The van der Waals surface area contributed by atoms with E-state index in [2.05, 4.69) is 49.8 Å². The van der Waals surface area contributed by atoms with Crippen LogP contribution < -0.4 is 4.43 Å². The summed E-state index contributed by atoms with van der Waals surface area (Å²) in [4.78, 5) is 11.8. The molecule has 0 saturated heterocycles. The van der Waals surface area contributed by atoms with Crippen molar-refractivity contribution in [3.63, 3.8) is 0 Å². The molecular weight excluding hydrogens is 336 g/mol. The number of halogens is 1. The molecule has 0 amide bonds. The van der Waals surface area contributed by atoms with E-state index in [0.717, 1.165) is 11.3 Å². The number of benzene rings is 1. The highest BCUT2D eigenvalue weighted by Crippen LogP contribution is 2.39. The third kappa shape index (κ3) is 3.64. The average Bonchev–Trinajstić information content (AvgIpc) is 2.35. The fourth-order valence-corrected chi connectivity index (χ4v) is 3.15. The van der Waals surface area contributed by atoms with Gasteiger partial charge in [0.25, 0.3) is 0 Å². The second-order valence-electron chi connectivity index (χ2n) is 6.27. The standard InChI is InChI=1S/C15H23BrO3Si/c1-15(2,3)20(5,6)19-13-9-7-8-11(12(13)10-16)14(17)18-4/h7-9H,10H2,1-6H3. The zero-order valence-electron chi connectivity index (χ0n) is 13.0. The molecule has 1 aromatic rings. The number of ether oxygens (including phenoxy) is 1. The van der Waals surface area contributed by atoms with Crippen LogP contribution in [0.2, 0.25) is 18.1 Å². The van der Waals surface area contributed by atoms with Gasteiger partial charge in [-0.15, -0.1) is 0 Å². The van der Waals surface area contributed by atoms with Crippen molar-refractivity contribution < 1.29 is 14.0 Å². The molecule has 0 N–H and O–H groups in total. The fourth-order valence-electron chi connectivity index (χ4n) is 1.53. The minimum Gasteiger partial charge on any atom is -0.543 e. The number of hydrogen-bond acceptors (Lipinski definition) is 3. The maximum Gasteiger partial charge on any atom is 0.338 e. The van der Waals surface area contributed by atoms with Gasteiger partial charge in [0, 0.05) is 10.9 Å². The first-order valence-electron chi connectivity index (χ1n) is 6.59. The van der Waals surface area contributed by atoms with E-state index in [1.54, 1.807) is 6.07 Å². The minimum absolute atomic E-state index is 0.109. The highest BCUT2D eigenvalue weighted by Gasteiger charge is 2.39. The molecule has 0 bridgehead atoms. The van der Waals surface area contributed by atoms with Gasteiger partial charge in [-0.2, -0.15) is 0 Å². The molecule has 0 aliphatic carbocycles. The van der Waals surface area contributed by atoms with Crippen LogP contribution in [0.3, 0.4) is 0 Å². The lowest BCUT2D eigenvalue weighted by atomic mass is 10.1. The van der Waals surface area contributed by atoms with Gasteiger partial charge in [-0.25, -0.2) is 4.79 Å². The van der Waals surface area contributed by atoms with Crippen molar-refractivity contribution in [2.75, 3.05) is 7.11 Å². The third-order valence-corrected chi connectivity index (χ3v) is 8.75. The summed E-state index contributed by atoms with van der Waals surface area (Å²) < 4.78 is 11.2. The summed E-state index contributed by atoms with van der Waals surface area (Å²) in [5, 5.41) is 0.667. The van der Waals surface area contributed by atoms with Crippen LogP contribution in [0.25, 0.3) is 0 Å². The summed E-state index contributed by atoms with van der Waals surface area (Å²) in [6, 6.07) is 5.52. The Bertz CT molecular complexity index is 492. The van der Waals surface area contributed by atoms with Gasteiger partial charge in [0.05, 0.1) is 12.7 Å². The Morgan fingerprint density at radius 3 is 2.35 bits per heavy atom. The summed E-state index contributed by atoms with van der Waals surface area (Å²) in [7, 11) is -0.544. The van der Waals surface area contributed by atoms with Gasteiger partial charge in [0.2, 0.25) is 8.32 Å². The van der Waals surface area contributed by atoms with Crippen molar-refractivity contribution in [2.45, 2.75) is 44.2 Å². The molecule has 112 valence electrons. The van der Waals surface area contributed by atoms with E-state index in [-0.39, 0.29) is 11.0 Å². The van der Waals surface area contributed by atoms with Crippen molar-refractivity contribution in [2.24, 2.45) is 0 Å². The summed E-state index contributed by atoms with van der Waals surface area (Å²) >= 11 is 3.44. The molecule has 5 heteroatoms. The summed E-state index contributed by atoms with van der Waals surface area (Å²) in [5.41, 5.74) is 1.41. The van der Waals surface area contributed by atoms with Gasteiger partial charge < -0.3 is 9.16 Å². The number of hydrogen-bond donors (Lipinski definition) is 0. The normalized spacial score (nSPS) is 12.2. The molecule has 1 rings (SSSR count). The molecule has 0 aliphatic rings. The molecule has 0 spiro atoms. The van der Waals surface area contributed by atoms with Crippen LogP contribution in [0.15, 0.2) is 18.2 Å². The maximum absolute atomic E-state index is 11.8. The molecule has 0 heterocycles. The van der Waals surface area contributed by atoms with Crippen molar-refractivity contribution >= 4 is 30.2 Å². The molecule has 3 nitrogen and oxygen atoms in total. The number of carbonyl (C=O) groups is 1. The van der Waals surface area contributed by atoms with E-state index in [1.807, 2.05) is 12.1 Å². The molecule has 1 aromatic carbocycles. The lowest BCUT2D eigenvalue weighted by Crippen LogP contribution is -2.44. The van der Waals surface area contributed by atoms with E-state index >= 15 is 0 Å². The van der Waals surface area contributed by atoms with Crippen LogP contribution in [-0.2, 0) is 10.1 Å². The first-order chi connectivity index (χ1) is 9.14. The second-order valence-corrected chi connectivity index (χ2v) is 11.6. The first-order valence-corrected chi connectivity index (χ1v) is 10.6. The topological polar surface area (TPSA) is 35.5 Å². The van der Waals surface area contributed by atoms with E-state index in [1.165, 1.54) is 7.11 Å². The van der Waals surface area contributed by atoms with Gasteiger partial charge in [0.1, 0.15) is 5.75 Å². The summed E-state index contributed by atoms with van der Waals surface area (Å²) in [6.07, 6.45) is 0. The largest absolute Gasteiger partial charge is 0.543 e. The Morgan fingerprint density at radius 2 is 1.90 bits per heavy atom. The summed E-state index contributed by atoms with van der Waals surface area (Å²) in [5.74, 6) is 0.441. The zero-order valence-corrected chi connectivity index (χ0v) is 15.6. The average molecular weight is 359 g/mol. The van der Waals surface area contributed by atoms with E-state index in [4.69, 9.17) is 9.16 Å². The van der Waals surface area contributed by atoms with E-state index in [9.17, 15) is 4.79 Å². The Hall–Kier alpha value is -0.813. The van der Waals surface area contributed by atoms with Gasteiger partial charge in [-0.05, 0) is 30.3 Å². The van der Waals surface area contributed by atoms with Crippen LogP contribution in [0, 0.1) is 0 Å². The molecule has 0 saturated carbocycles. The Balaban J connectivity index is 3.23. The molecular formula is C15H23BrO3Si.